The fourth-order valence-corrected chi connectivity index (χ4v) is 3.29. The lowest BCUT2D eigenvalue weighted by molar-refractivity contribution is -0.136. The summed E-state index contributed by atoms with van der Waals surface area (Å²) in [4.78, 5) is -0.247. The molecule has 6 nitrogen and oxygen atoms in total. The molecular weight excluding hydrogens is 311 g/mol. The Hall–Kier alpha value is -1.13. The summed E-state index contributed by atoms with van der Waals surface area (Å²) in [5, 5.41) is 5.95. The maximum absolute atomic E-state index is 12.6. The van der Waals surface area contributed by atoms with Crippen molar-refractivity contribution in [3.05, 3.63) is 11.9 Å². The summed E-state index contributed by atoms with van der Waals surface area (Å²) in [5.74, 6) is 0. The number of sulfonamides is 1. The van der Waals surface area contributed by atoms with Crippen LogP contribution in [0.5, 0.6) is 0 Å². The van der Waals surface area contributed by atoms with Crippen molar-refractivity contribution in [1.82, 2.24) is 14.5 Å². The van der Waals surface area contributed by atoms with Gasteiger partial charge in [-0.15, -0.1) is 0 Å². The Bertz CT molecular complexity index is 542. The van der Waals surface area contributed by atoms with Crippen LogP contribution in [0.25, 0.3) is 0 Å². The Morgan fingerprint density at radius 2 is 2.10 bits per heavy atom. The number of aromatic amines is 1. The number of H-pyrrole nitrogens is 1. The second-order valence-corrected chi connectivity index (χ2v) is 6.27. The van der Waals surface area contributed by atoms with Crippen LogP contribution >= 0.6 is 0 Å². The fraction of sp³-hybridized carbons (Fsp3) is 0.727. The zero-order valence-electron chi connectivity index (χ0n) is 11.8. The van der Waals surface area contributed by atoms with Gasteiger partial charge in [0.1, 0.15) is 11.4 Å². The Morgan fingerprint density at radius 1 is 1.43 bits per heavy atom. The quantitative estimate of drug-likeness (QED) is 0.737. The molecule has 0 aliphatic carbocycles. The molecule has 1 aromatic rings. The fourth-order valence-electron chi connectivity index (χ4n) is 1.71. The van der Waals surface area contributed by atoms with E-state index in [1.165, 1.54) is 6.92 Å². The highest BCUT2D eigenvalue weighted by Gasteiger charge is 2.37. The number of aromatic nitrogens is 2. The number of nitrogens with one attached hydrogen (secondary N) is 1. The molecule has 0 aliphatic heterocycles. The monoisotopic (exact) mass is 329 g/mol. The van der Waals surface area contributed by atoms with E-state index in [0.29, 0.717) is 10.9 Å². The molecule has 0 saturated heterocycles. The van der Waals surface area contributed by atoms with Gasteiger partial charge in [-0.25, -0.2) is 8.42 Å². The molecule has 1 aromatic heterocycles. The van der Waals surface area contributed by atoms with Crippen LogP contribution in [-0.2, 0) is 14.8 Å². The standard InChI is InChI=1S/C11H18F3N3O3S/c1-3-20-6-4-5-17(8-11(12,13)14)21(18,19)10-7-15-16-9(10)2/h7H,3-6,8H2,1-2H3,(H,15,16). The first-order valence-corrected chi connectivity index (χ1v) is 7.77. The van der Waals surface area contributed by atoms with Crippen LogP contribution in [0.3, 0.4) is 0 Å². The summed E-state index contributed by atoms with van der Waals surface area (Å²) in [6.07, 6.45) is -3.42. The molecule has 0 atom stereocenters. The van der Waals surface area contributed by atoms with Gasteiger partial charge in [-0.1, -0.05) is 0 Å². The van der Waals surface area contributed by atoms with Crippen molar-refractivity contribution >= 4 is 10.0 Å². The topological polar surface area (TPSA) is 75.3 Å². The summed E-state index contributed by atoms with van der Waals surface area (Å²) in [5.41, 5.74) is 0.201. The lowest BCUT2D eigenvalue weighted by Crippen LogP contribution is -2.40. The van der Waals surface area contributed by atoms with Gasteiger partial charge in [0.2, 0.25) is 10.0 Å². The number of rotatable bonds is 8. The third-order valence-corrected chi connectivity index (χ3v) is 4.62. The molecule has 0 radical (unpaired) electrons. The van der Waals surface area contributed by atoms with E-state index >= 15 is 0 Å². The molecule has 1 N–H and O–H groups in total. The summed E-state index contributed by atoms with van der Waals surface area (Å²) in [6.45, 7) is 2.00. The second-order valence-electron chi connectivity index (χ2n) is 4.36. The van der Waals surface area contributed by atoms with E-state index in [1.807, 2.05) is 0 Å². The zero-order valence-corrected chi connectivity index (χ0v) is 12.6. The molecule has 122 valence electrons. The van der Waals surface area contributed by atoms with Gasteiger partial charge in [0, 0.05) is 19.8 Å². The Kier molecular flexibility index (Phi) is 6.17. The third-order valence-electron chi connectivity index (χ3n) is 2.66. The SMILES string of the molecule is CCOCCCN(CC(F)(F)F)S(=O)(=O)c1cn[nH]c1C. The summed E-state index contributed by atoms with van der Waals surface area (Å²) < 4.78 is 67.8. The number of halogens is 3. The van der Waals surface area contributed by atoms with E-state index in [4.69, 9.17) is 4.74 Å². The average Bonchev–Trinajstić information content (AvgIpc) is 2.78. The van der Waals surface area contributed by atoms with Crippen LogP contribution in [0, 0.1) is 6.92 Å². The average molecular weight is 329 g/mol. The lowest BCUT2D eigenvalue weighted by atomic mass is 10.4. The van der Waals surface area contributed by atoms with Crippen molar-refractivity contribution in [2.75, 3.05) is 26.3 Å². The van der Waals surface area contributed by atoms with Gasteiger partial charge in [0.05, 0.1) is 11.9 Å². The summed E-state index contributed by atoms with van der Waals surface area (Å²) in [7, 11) is -4.24. The van der Waals surface area contributed by atoms with Crippen LogP contribution in [0.4, 0.5) is 13.2 Å². The van der Waals surface area contributed by atoms with Gasteiger partial charge in [-0.05, 0) is 20.3 Å². The van der Waals surface area contributed by atoms with Crippen LogP contribution in [0.15, 0.2) is 11.1 Å². The first-order chi connectivity index (χ1) is 9.68. The first kappa shape index (κ1) is 17.9. The summed E-state index contributed by atoms with van der Waals surface area (Å²) >= 11 is 0. The van der Waals surface area contributed by atoms with Crippen LogP contribution in [-0.4, -0.2) is 55.4 Å². The molecule has 1 heterocycles. The van der Waals surface area contributed by atoms with E-state index < -0.39 is 22.7 Å². The minimum absolute atomic E-state index is 0.181. The van der Waals surface area contributed by atoms with Crippen LogP contribution in [0.2, 0.25) is 0 Å². The number of nitrogens with zero attached hydrogens (tertiary/aromatic N) is 2. The number of ether oxygens (including phenoxy) is 1. The molecular formula is C11H18F3N3O3S. The zero-order chi connectivity index (χ0) is 16.1. The Balaban J connectivity index is 2.92. The number of aryl methyl sites for hydroxylation is 1. The first-order valence-electron chi connectivity index (χ1n) is 6.33. The minimum Gasteiger partial charge on any atom is -0.382 e. The highest BCUT2D eigenvalue weighted by atomic mass is 32.2. The predicted octanol–water partition coefficient (Wildman–Crippen LogP) is 1.70. The van der Waals surface area contributed by atoms with Gasteiger partial charge in [0.25, 0.3) is 0 Å². The van der Waals surface area contributed by atoms with E-state index in [9.17, 15) is 21.6 Å². The second kappa shape index (κ2) is 7.23. The van der Waals surface area contributed by atoms with E-state index in [1.54, 1.807) is 6.92 Å². The predicted molar refractivity (Wildman–Crippen MR) is 69.2 cm³/mol. The molecule has 0 bridgehead atoms. The van der Waals surface area contributed by atoms with E-state index in [-0.39, 0.29) is 30.2 Å². The Labute approximate surface area is 121 Å². The highest BCUT2D eigenvalue weighted by molar-refractivity contribution is 7.89. The van der Waals surface area contributed by atoms with Crippen molar-refractivity contribution in [3.63, 3.8) is 0 Å². The number of hydrogen-bond acceptors (Lipinski definition) is 4. The molecule has 0 amide bonds. The van der Waals surface area contributed by atoms with E-state index in [0.717, 1.165) is 6.20 Å². The highest BCUT2D eigenvalue weighted by Crippen LogP contribution is 2.23. The summed E-state index contributed by atoms with van der Waals surface area (Å²) in [6, 6.07) is 0. The van der Waals surface area contributed by atoms with Crippen molar-refractivity contribution < 1.29 is 26.3 Å². The van der Waals surface area contributed by atoms with Gasteiger partial charge in [0.15, 0.2) is 0 Å². The van der Waals surface area contributed by atoms with E-state index in [2.05, 4.69) is 10.2 Å². The molecule has 0 aromatic carbocycles. The molecule has 0 fully saturated rings. The normalized spacial score (nSPS) is 13.0. The minimum atomic E-state index is -4.61. The van der Waals surface area contributed by atoms with Gasteiger partial charge >= 0.3 is 6.18 Å². The number of alkyl halides is 3. The third kappa shape index (κ3) is 5.29. The lowest BCUT2D eigenvalue weighted by Gasteiger charge is -2.23. The van der Waals surface area contributed by atoms with Crippen LogP contribution in [0.1, 0.15) is 19.0 Å². The van der Waals surface area contributed by atoms with Gasteiger partial charge in [-0.2, -0.15) is 22.6 Å². The van der Waals surface area contributed by atoms with Crippen molar-refractivity contribution in [1.29, 1.82) is 0 Å². The maximum Gasteiger partial charge on any atom is 0.402 e. The van der Waals surface area contributed by atoms with Crippen LogP contribution < -0.4 is 0 Å². The molecule has 1 rings (SSSR count). The smallest absolute Gasteiger partial charge is 0.382 e. The Morgan fingerprint density at radius 3 is 2.57 bits per heavy atom. The largest absolute Gasteiger partial charge is 0.402 e. The molecule has 21 heavy (non-hydrogen) atoms. The number of hydrogen-bond donors (Lipinski definition) is 1. The maximum atomic E-state index is 12.6. The van der Waals surface area contributed by atoms with Crippen molar-refractivity contribution in [3.8, 4) is 0 Å². The van der Waals surface area contributed by atoms with Gasteiger partial charge in [-0.3, -0.25) is 5.10 Å². The molecule has 0 aliphatic rings. The molecule has 10 heteroatoms. The van der Waals surface area contributed by atoms with Gasteiger partial charge < -0.3 is 4.74 Å². The molecule has 0 saturated carbocycles. The van der Waals surface area contributed by atoms with Crippen molar-refractivity contribution in [2.24, 2.45) is 0 Å². The van der Waals surface area contributed by atoms with Crippen molar-refractivity contribution in [2.45, 2.75) is 31.3 Å². The molecule has 0 spiro atoms. The molecule has 0 unspecified atom stereocenters.